The molecule has 0 saturated heterocycles. The van der Waals surface area contributed by atoms with Gasteiger partial charge in [0.1, 0.15) is 5.15 Å². The summed E-state index contributed by atoms with van der Waals surface area (Å²) < 4.78 is 0. The van der Waals surface area contributed by atoms with E-state index in [2.05, 4.69) is 10.3 Å². The second-order valence-corrected chi connectivity index (χ2v) is 3.98. The highest BCUT2D eigenvalue weighted by atomic mass is 35.5. The van der Waals surface area contributed by atoms with Crippen molar-refractivity contribution in [3.05, 3.63) is 29.0 Å². The minimum absolute atomic E-state index is 0.131. The van der Waals surface area contributed by atoms with Gasteiger partial charge in [0.25, 0.3) is 0 Å². The fourth-order valence-corrected chi connectivity index (χ4v) is 1.62. The van der Waals surface area contributed by atoms with Crippen LogP contribution in [-0.2, 0) is 0 Å². The van der Waals surface area contributed by atoms with Gasteiger partial charge < -0.3 is 10.4 Å². The van der Waals surface area contributed by atoms with E-state index in [1.54, 1.807) is 6.20 Å². The van der Waals surface area contributed by atoms with Gasteiger partial charge >= 0.3 is 0 Å². The van der Waals surface area contributed by atoms with Crippen molar-refractivity contribution in [3.8, 4) is 0 Å². The molecule has 1 heterocycles. The summed E-state index contributed by atoms with van der Waals surface area (Å²) in [6.07, 6.45) is 2.59. The SMILES string of the molecule is CC[C@H](CO)NC(C)c1ccnc(Cl)c1. The number of aliphatic hydroxyl groups is 1. The molecule has 0 aromatic carbocycles. The van der Waals surface area contributed by atoms with Gasteiger partial charge in [0.2, 0.25) is 0 Å². The van der Waals surface area contributed by atoms with Gasteiger partial charge in [-0.3, -0.25) is 0 Å². The van der Waals surface area contributed by atoms with E-state index in [4.69, 9.17) is 16.7 Å². The molecule has 1 aromatic rings. The van der Waals surface area contributed by atoms with Gasteiger partial charge in [-0.15, -0.1) is 0 Å². The maximum Gasteiger partial charge on any atom is 0.129 e. The molecular weight excluding hydrogens is 212 g/mol. The average Bonchev–Trinajstić information content (AvgIpc) is 2.25. The number of aromatic nitrogens is 1. The Morgan fingerprint density at radius 1 is 1.60 bits per heavy atom. The van der Waals surface area contributed by atoms with Crippen molar-refractivity contribution in [2.45, 2.75) is 32.4 Å². The Bertz CT molecular complexity index is 302. The second-order valence-electron chi connectivity index (χ2n) is 3.59. The number of aliphatic hydroxyl groups excluding tert-OH is 1. The molecule has 84 valence electrons. The third-order valence-electron chi connectivity index (χ3n) is 2.45. The van der Waals surface area contributed by atoms with Crippen molar-refractivity contribution >= 4 is 11.6 Å². The maximum atomic E-state index is 9.08. The molecular formula is C11H17ClN2O. The van der Waals surface area contributed by atoms with Crippen molar-refractivity contribution in [2.75, 3.05) is 6.61 Å². The number of nitrogens with one attached hydrogen (secondary N) is 1. The van der Waals surface area contributed by atoms with Gasteiger partial charge in [-0.05, 0) is 31.0 Å². The fourth-order valence-electron chi connectivity index (χ4n) is 1.44. The lowest BCUT2D eigenvalue weighted by atomic mass is 10.1. The van der Waals surface area contributed by atoms with Crippen LogP contribution in [0.25, 0.3) is 0 Å². The summed E-state index contributed by atoms with van der Waals surface area (Å²) in [5.41, 5.74) is 1.09. The molecule has 15 heavy (non-hydrogen) atoms. The van der Waals surface area contributed by atoms with E-state index in [1.165, 1.54) is 0 Å². The molecule has 0 fully saturated rings. The smallest absolute Gasteiger partial charge is 0.129 e. The number of hydrogen-bond acceptors (Lipinski definition) is 3. The van der Waals surface area contributed by atoms with Gasteiger partial charge in [0.05, 0.1) is 6.61 Å². The summed E-state index contributed by atoms with van der Waals surface area (Å²) in [5, 5.41) is 12.9. The Labute approximate surface area is 95.5 Å². The first kappa shape index (κ1) is 12.4. The third-order valence-corrected chi connectivity index (χ3v) is 2.66. The van der Waals surface area contributed by atoms with Gasteiger partial charge in [-0.1, -0.05) is 18.5 Å². The summed E-state index contributed by atoms with van der Waals surface area (Å²) in [6, 6.07) is 4.06. The van der Waals surface area contributed by atoms with Crippen molar-refractivity contribution < 1.29 is 5.11 Å². The lowest BCUT2D eigenvalue weighted by Gasteiger charge is -2.20. The predicted molar refractivity (Wildman–Crippen MR) is 62.0 cm³/mol. The van der Waals surface area contributed by atoms with E-state index in [0.29, 0.717) is 5.15 Å². The number of nitrogens with zero attached hydrogens (tertiary/aromatic N) is 1. The number of rotatable bonds is 5. The number of hydrogen-bond donors (Lipinski definition) is 2. The summed E-state index contributed by atoms with van der Waals surface area (Å²) in [7, 11) is 0. The second kappa shape index (κ2) is 6.05. The highest BCUT2D eigenvalue weighted by Crippen LogP contribution is 2.16. The molecule has 1 aromatic heterocycles. The van der Waals surface area contributed by atoms with E-state index >= 15 is 0 Å². The number of halogens is 1. The Morgan fingerprint density at radius 3 is 2.87 bits per heavy atom. The average molecular weight is 229 g/mol. The molecule has 0 saturated carbocycles. The lowest BCUT2D eigenvalue weighted by molar-refractivity contribution is 0.230. The molecule has 0 radical (unpaired) electrons. The van der Waals surface area contributed by atoms with E-state index < -0.39 is 0 Å². The summed E-state index contributed by atoms with van der Waals surface area (Å²) in [6.45, 7) is 4.24. The summed E-state index contributed by atoms with van der Waals surface area (Å²) >= 11 is 5.80. The van der Waals surface area contributed by atoms with Crippen LogP contribution in [0.1, 0.15) is 31.9 Å². The standard InChI is InChI=1S/C11H17ClN2O/c1-3-10(7-15)14-8(2)9-4-5-13-11(12)6-9/h4-6,8,10,14-15H,3,7H2,1-2H3/t8?,10-/m1/s1. The highest BCUT2D eigenvalue weighted by molar-refractivity contribution is 6.29. The van der Waals surface area contributed by atoms with Gasteiger partial charge in [-0.2, -0.15) is 0 Å². The zero-order valence-corrected chi connectivity index (χ0v) is 9.83. The monoisotopic (exact) mass is 228 g/mol. The van der Waals surface area contributed by atoms with Crippen LogP contribution in [0.2, 0.25) is 5.15 Å². The minimum Gasteiger partial charge on any atom is -0.395 e. The largest absolute Gasteiger partial charge is 0.395 e. The topological polar surface area (TPSA) is 45.1 Å². The lowest BCUT2D eigenvalue weighted by Crippen LogP contribution is -2.33. The van der Waals surface area contributed by atoms with Crippen LogP contribution in [0.3, 0.4) is 0 Å². The first-order valence-corrected chi connectivity index (χ1v) is 5.53. The quantitative estimate of drug-likeness (QED) is 0.760. The molecule has 1 unspecified atom stereocenters. The molecule has 0 amide bonds. The van der Waals surface area contributed by atoms with E-state index in [-0.39, 0.29) is 18.7 Å². The van der Waals surface area contributed by atoms with E-state index in [0.717, 1.165) is 12.0 Å². The van der Waals surface area contributed by atoms with Gasteiger partial charge in [0, 0.05) is 18.3 Å². The third kappa shape index (κ3) is 3.78. The Kier molecular flexibility index (Phi) is 5.02. The molecule has 2 N–H and O–H groups in total. The highest BCUT2D eigenvalue weighted by Gasteiger charge is 2.11. The van der Waals surface area contributed by atoms with Crippen molar-refractivity contribution in [3.63, 3.8) is 0 Å². The molecule has 3 nitrogen and oxygen atoms in total. The fraction of sp³-hybridized carbons (Fsp3) is 0.545. The zero-order chi connectivity index (χ0) is 11.3. The van der Waals surface area contributed by atoms with Crippen LogP contribution in [0.5, 0.6) is 0 Å². The van der Waals surface area contributed by atoms with Crippen molar-refractivity contribution in [1.82, 2.24) is 10.3 Å². The van der Waals surface area contributed by atoms with E-state index in [9.17, 15) is 0 Å². The Morgan fingerprint density at radius 2 is 2.33 bits per heavy atom. The molecule has 4 heteroatoms. The van der Waals surface area contributed by atoms with E-state index in [1.807, 2.05) is 26.0 Å². The predicted octanol–water partition coefficient (Wildman–Crippen LogP) is 2.16. The maximum absolute atomic E-state index is 9.08. The minimum atomic E-state index is 0.131. The molecule has 0 spiro atoms. The normalized spacial score (nSPS) is 14.9. The molecule has 0 bridgehead atoms. The van der Waals surface area contributed by atoms with Crippen LogP contribution in [0.15, 0.2) is 18.3 Å². The van der Waals surface area contributed by atoms with Crippen molar-refractivity contribution in [1.29, 1.82) is 0 Å². The van der Waals surface area contributed by atoms with Crippen LogP contribution in [-0.4, -0.2) is 22.7 Å². The van der Waals surface area contributed by atoms with Gasteiger partial charge in [-0.25, -0.2) is 4.98 Å². The summed E-state index contributed by atoms with van der Waals surface area (Å²) in [4.78, 5) is 3.93. The molecule has 1 rings (SSSR count). The van der Waals surface area contributed by atoms with Crippen LogP contribution in [0.4, 0.5) is 0 Å². The first-order chi connectivity index (χ1) is 7.17. The van der Waals surface area contributed by atoms with Crippen molar-refractivity contribution in [2.24, 2.45) is 0 Å². The van der Waals surface area contributed by atoms with Crippen LogP contribution >= 0.6 is 11.6 Å². The van der Waals surface area contributed by atoms with Crippen LogP contribution < -0.4 is 5.32 Å². The zero-order valence-electron chi connectivity index (χ0n) is 9.07. The first-order valence-electron chi connectivity index (χ1n) is 5.15. The molecule has 0 aliphatic heterocycles. The molecule has 2 atom stereocenters. The Hall–Kier alpha value is -0.640. The molecule has 0 aliphatic carbocycles. The Balaban J connectivity index is 2.64. The van der Waals surface area contributed by atoms with Gasteiger partial charge in [0.15, 0.2) is 0 Å². The number of pyridine rings is 1. The summed E-state index contributed by atoms with van der Waals surface area (Å²) in [5.74, 6) is 0. The van der Waals surface area contributed by atoms with Crippen LogP contribution in [0, 0.1) is 0 Å². The molecule has 0 aliphatic rings.